The standard InChI is InChI=1S/C12H15FO4/c1-2-16-7-10(15)8-17-12-9(6-14)4-3-5-11(12)13/h3-6,10,15H,2,7-8H2,1H3. The molecule has 0 fully saturated rings. The zero-order valence-corrected chi connectivity index (χ0v) is 9.56. The van der Waals surface area contributed by atoms with Crippen LogP contribution in [0.15, 0.2) is 18.2 Å². The highest BCUT2D eigenvalue weighted by atomic mass is 19.1. The van der Waals surface area contributed by atoms with E-state index < -0.39 is 11.9 Å². The van der Waals surface area contributed by atoms with Crippen molar-refractivity contribution in [3.63, 3.8) is 0 Å². The van der Waals surface area contributed by atoms with E-state index in [4.69, 9.17) is 9.47 Å². The highest BCUT2D eigenvalue weighted by Crippen LogP contribution is 2.21. The Balaban J connectivity index is 2.59. The smallest absolute Gasteiger partial charge is 0.165 e. The van der Waals surface area contributed by atoms with Crippen LogP contribution in [0.2, 0.25) is 0 Å². The van der Waals surface area contributed by atoms with E-state index in [0.717, 1.165) is 0 Å². The van der Waals surface area contributed by atoms with Gasteiger partial charge in [-0.25, -0.2) is 4.39 Å². The molecule has 5 heteroatoms. The molecule has 0 aliphatic rings. The third-order valence-corrected chi connectivity index (χ3v) is 2.06. The van der Waals surface area contributed by atoms with E-state index in [0.29, 0.717) is 12.9 Å². The van der Waals surface area contributed by atoms with Gasteiger partial charge in [0.05, 0.1) is 12.2 Å². The quantitative estimate of drug-likeness (QED) is 0.734. The number of aldehydes is 1. The molecule has 0 bridgehead atoms. The molecule has 0 radical (unpaired) electrons. The summed E-state index contributed by atoms with van der Waals surface area (Å²) in [5, 5.41) is 9.44. The molecule has 1 aromatic rings. The van der Waals surface area contributed by atoms with Crippen LogP contribution in [0.5, 0.6) is 5.75 Å². The fourth-order valence-corrected chi connectivity index (χ4v) is 1.25. The van der Waals surface area contributed by atoms with Gasteiger partial charge < -0.3 is 14.6 Å². The van der Waals surface area contributed by atoms with Gasteiger partial charge in [0, 0.05) is 6.61 Å². The normalized spacial score (nSPS) is 12.2. The second-order valence-corrected chi connectivity index (χ2v) is 3.40. The van der Waals surface area contributed by atoms with Crippen LogP contribution < -0.4 is 4.74 Å². The molecule has 0 spiro atoms. The molecule has 0 saturated heterocycles. The predicted octanol–water partition coefficient (Wildman–Crippen LogP) is 1.41. The van der Waals surface area contributed by atoms with Crippen LogP contribution in [0, 0.1) is 5.82 Å². The van der Waals surface area contributed by atoms with Crippen molar-refractivity contribution in [2.24, 2.45) is 0 Å². The Kier molecular flexibility index (Phi) is 5.59. The largest absolute Gasteiger partial charge is 0.487 e. The van der Waals surface area contributed by atoms with Crippen LogP contribution in [0.25, 0.3) is 0 Å². The first-order valence-corrected chi connectivity index (χ1v) is 5.31. The van der Waals surface area contributed by atoms with Gasteiger partial charge in [-0.15, -0.1) is 0 Å². The van der Waals surface area contributed by atoms with E-state index in [1.807, 2.05) is 0 Å². The Labute approximate surface area is 99.0 Å². The van der Waals surface area contributed by atoms with Gasteiger partial charge in [-0.1, -0.05) is 6.07 Å². The number of halogens is 1. The first-order valence-electron chi connectivity index (χ1n) is 5.31. The summed E-state index contributed by atoms with van der Waals surface area (Å²) < 4.78 is 23.4. The van der Waals surface area contributed by atoms with E-state index in [2.05, 4.69) is 0 Å². The fourth-order valence-electron chi connectivity index (χ4n) is 1.25. The monoisotopic (exact) mass is 242 g/mol. The van der Waals surface area contributed by atoms with Crippen LogP contribution >= 0.6 is 0 Å². The van der Waals surface area contributed by atoms with Crippen molar-refractivity contribution in [1.29, 1.82) is 0 Å². The Morgan fingerprint density at radius 1 is 1.47 bits per heavy atom. The molecule has 0 saturated carbocycles. The Morgan fingerprint density at radius 2 is 2.24 bits per heavy atom. The number of ether oxygens (including phenoxy) is 2. The Hall–Kier alpha value is -1.46. The number of carbonyl (C=O) groups is 1. The lowest BCUT2D eigenvalue weighted by Gasteiger charge is -2.13. The summed E-state index contributed by atoms with van der Waals surface area (Å²) in [6, 6.07) is 4.06. The second-order valence-electron chi connectivity index (χ2n) is 3.40. The number of benzene rings is 1. The average molecular weight is 242 g/mol. The van der Waals surface area contributed by atoms with Crippen molar-refractivity contribution in [3.05, 3.63) is 29.6 Å². The van der Waals surface area contributed by atoms with Gasteiger partial charge in [-0.2, -0.15) is 0 Å². The third-order valence-electron chi connectivity index (χ3n) is 2.06. The zero-order valence-electron chi connectivity index (χ0n) is 9.56. The van der Waals surface area contributed by atoms with E-state index in [1.165, 1.54) is 18.2 Å². The van der Waals surface area contributed by atoms with Gasteiger partial charge in [0.15, 0.2) is 17.9 Å². The van der Waals surface area contributed by atoms with Gasteiger partial charge in [0.25, 0.3) is 0 Å². The SMILES string of the molecule is CCOCC(O)COc1c(F)cccc1C=O. The van der Waals surface area contributed by atoms with Gasteiger partial charge in [0.2, 0.25) is 0 Å². The molecule has 1 aromatic carbocycles. The van der Waals surface area contributed by atoms with Gasteiger partial charge >= 0.3 is 0 Å². The Bertz CT molecular complexity index is 368. The minimum atomic E-state index is -0.853. The van der Waals surface area contributed by atoms with Gasteiger partial charge in [-0.05, 0) is 19.1 Å². The summed E-state index contributed by atoms with van der Waals surface area (Å²) in [5.74, 6) is -0.767. The molecule has 0 amide bonds. The molecule has 94 valence electrons. The number of hydrogen-bond donors (Lipinski definition) is 1. The summed E-state index contributed by atoms with van der Waals surface area (Å²) in [6.45, 7) is 2.27. The summed E-state index contributed by atoms with van der Waals surface area (Å²) in [4.78, 5) is 10.7. The number of carbonyl (C=O) groups excluding carboxylic acids is 1. The zero-order chi connectivity index (χ0) is 12.7. The summed E-state index contributed by atoms with van der Waals surface area (Å²) >= 11 is 0. The Morgan fingerprint density at radius 3 is 2.88 bits per heavy atom. The lowest BCUT2D eigenvalue weighted by molar-refractivity contribution is 0.0155. The number of hydrogen-bond acceptors (Lipinski definition) is 4. The van der Waals surface area contributed by atoms with Crippen molar-refractivity contribution >= 4 is 6.29 Å². The van der Waals surface area contributed by atoms with E-state index in [9.17, 15) is 14.3 Å². The molecule has 17 heavy (non-hydrogen) atoms. The highest BCUT2D eigenvalue weighted by Gasteiger charge is 2.12. The molecule has 4 nitrogen and oxygen atoms in total. The van der Waals surface area contributed by atoms with E-state index >= 15 is 0 Å². The molecular formula is C12H15FO4. The third kappa shape index (κ3) is 4.13. The highest BCUT2D eigenvalue weighted by molar-refractivity contribution is 5.79. The van der Waals surface area contributed by atoms with Crippen molar-refractivity contribution in [2.75, 3.05) is 19.8 Å². The topological polar surface area (TPSA) is 55.8 Å². The minimum absolute atomic E-state index is 0.112. The van der Waals surface area contributed by atoms with Gasteiger partial charge in [-0.3, -0.25) is 4.79 Å². The van der Waals surface area contributed by atoms with Crippen molar-refractivity contribution in [2.45, 2.75) is 13.0 Å². The van der Waals surface area contributed by atoms with Crippen LogP contribution in [0.1, 0.15) is 17.3 Å². The number of rotatable bonds is 7. The average Bonchev–Trinajstić information content (AvgIpc) is 2.34. The molecule has 1 N–H and O–H groups in total. The van der Waals surface area contributed by atoms with Crippen LogP contribution in [0.3, 0.4) is 0 Å². The fraction of sp³-hybridized carbons (Fsp3) is 0.417. The van der Waals surface area contributed by atoms with Crippen molar-refractivity contribution in [3.8, 4) is 5.75 Å². The molecule has 1 unspecified atom stereocenters. The molecule has 0 aromatic heterocycles. The lowest BCUT2D eigenvalue weighted by atomic mass is 10.2. The van der Waals surface area contributed by atoms with Crippen LogP contribution in [-0.2, 0) is 4.74 Å². The number of para-hydroxylation sites is 1. The lowest BCUT2D eigenvalue weighted by Crippen LogP contribution is -2.24. The van der Waals surface area contributed by atoms with Gasteiger partial charge in [0.1, 0.15) is 12.7 Å². The first kappa shape index (κ1) is 13.6. The molecule has 0 aliphatic heterocycles. The summed E-state index contributed by atoms with van der Waals surface area (Å²) in [7, 11) is 0. The van der Waals surface area contributed by atoms with Crippen molar-refractivity contribution in [1.82, 2.24) is 0 Å². The number of aliphatic hydroxyl groups excluding tert-OH is 1. The predicted molar refractivity (Wildman–Crippen MR) is 59.8 cm³/mol. The second kappa shape index (κ2) is 6.98. The van der Waals surface area contributed by atoms with Crippen molar-refractivity contribution < 1.29 is 23.8 Å². The van der Waals surface area contributed by atoms with E-state index in [-0.39, 0.29) is 24.5 Å². The van der Waals surface area contributed by atoms with Crippen LogP contribution in [0.4, 0.5) is 4.39 Å². The van der Waals surface area contributed by atoms with E-state index in [1.54, 1.807) is 6.92 Å². The number of aliphatic hydroxyl groups is 1. The molecule has 0 heterocycles. The molecule has 1 atom stereocenters. The maximum Gasteiger partial charge on any atom is 0.165 e. The first-order chi connectivity index (χ1) is 8.19. The molecule has 1 rings (SSSR count). The maximum atomic E-state index is 13.3. The minimum Gasteiger partial charge on any atom is -0.487 e. The van der Waals surface area contributed by atoms with Crippen LogP contribution in [-0.4, -0.2) is 37.3 Å². The molecule has 0 aliphatic carbocycles. The molecular weight excluding hydrogens is 227 g/mol. The summed E-state index contributed by atoms with van der Waals surface area (Å²) in [5.41, 5.74) is 0.119. The maximum absolute atomic E-state index is 13.3. The summed E-state index contributed by atoms with van der Waals surface area (Å²) in [6.07, 6.45) is -0.345.